The molecule has 1 heterocycles. The number of amides is 2. The molecule has 0 fully saturated rings. The number of hydrogen-bond donors (Lipinski definition) is 3. The van der Waals surface area contributed by atoms with E-state index in [-0.39, 0.29) is 5.91 Å². The van der Waals surface area contributed by atoms with Crippen molar-refractivity contribution < 1.29 is 14.3 Å². The number of ether oxygens (including phenoxy) is 1. The first-order valence-electron chi connectivity index (χ1n) is 7.58. The zero-order valence-corrected chi connectivity index (χ0v) is 14.8. The molecule has 24 heavy (non-hydrogen) atoms. The molecule has 7 heteroatoms. The summed E-state index contributed by atoms with van der Waals surface area (Å²) in [6.07, 6.45) is 0.870. The highest BCUT2D eigenvalue weighted by Crippen LogP contribution is 2.32. The average molecular weight is 347 g/mol. The highest BCUT2D eigenvalue weighted by atomic mass is 32.1. The zero-order chi connectivity index (χ0) is 17.9. The van der Waals surface area contributed by atoms with Crippen molar-refractivity contribution in [1.29, 1.82) is 0 Å². The molecule has 0 spiro atoms. The van der Waals surface area contributed by atoms with Crippen LogP contribution in [0.1, 0.15) is 44.5 Å². The van der Waals surface area contributed by atoms with Gasteiger partial charge in [0.15, 0.2) is 0 Å². The second kappa shape index (κ2) is 7.35. The Labute approximate surface area is 144 Å². The maximum Gasteiger partial charge on any atom is 0.256 e. The second-order valence-corrected chi connectivity index (χ2v) is 6.63. The number of nitrogens with two attached hydrogens (primary N) is 2. The summed E-state index contributed by atoms with van der Waals surface area (Å²) in [5.41, 5.74) is 13.2. The van der Waals surface area contributed by atoms with Crippen molar-refractivity contribution in [3.63, 3.8) is 0 Å². The summed E-state index contributed by atoms with van der Waals surface area (Å²) >= 11 is 1.32. The standard InChI is InChI=1S/C17H21N3O3S/c1-4-7-23-13-6-5-11(8-12(13)18)16(22)20-17-14(15(19)21)9(2)10(3)24-17/h5-6,8H,4,7,18H2,1-3H3,(H2,19,21)(H,20,22). The molecule has 2 rings (SSSR count). The van der Waals surface area contributed by atoms with Gasteiger partial charge < -0.3 is 21.5 Å². The summed E-state index contributed by atoms with van der Waals surface area (Å²) < 4.78 is 5.49. The van der Waals surface area contributed by atoms with Crippen molar-refractivity contribution in [2.45, 2.75) is 27.2 Å². The van der Waals surface area contributed by atoms with Gasteiger partial charge in [0.05, 0.1) is 17.9 Å². The predicted octanol–water partition coefficient (Wildman–Crippen LogP) is 3.09. The van der Waals surface area contributed by atoms with Gasteiger partial charge in [-0.25, -0.2) is 0 Å². The first-order valence-corrected chi connectivity index (χ1v) is 8.40. The van der Waals surface area contributed by atoms with Crippen molar-refractivity contribution >= 4 is 33.8 Å². The van der Waals surface area contributed by atoms with Crippen LogP contribution in [-0.2, 0) is 0 Å². The molecule has 0 aliphatic rings. The van der Waals surface area contributed by atoms with Crippen LogP contribution in [0.25, 0.3) is 0 Å². The maximum atomic E-state index is 12.4. The average Bonchev–Trinajstić information content (AvgIpc) is 2.80. The van der Waals surface area contributed by atoms with Crippen LogP contribution >= 0.6 is 11.3 Å². The van der Waals surface area contributed by atoms with E-state index in [9.17, 15) is 9.59 Å². The molecule has 0 radical (unpaired) electrons. The molecule has 128 valence electrons. The molecule has 5 N–H and O–H groups in total. The van der Waals surface area contributed by atoms with Gasteiger partial charge in [-0.3, -0.25) is 9.59 Å². The monoisotopic (exact) mass is 347 g/mol. The number of nitrogens with one attached hydrogen (secondary N) is 1. The minimum atomic E-state index is -0.560. The van der Waals surface area contributed by atoms with E-state index in [4.69, 9.17) is 16.2 Å². The number of anilines is 2. The van der Waals surface area contributed by atoms with Crippen LogP contribution in [0.4, 0.5) is 10.7 Å². The van der Waals surface area contributed by atoms with Crippen LogP contribution in [0.2, 0.25) is 0 Å². The van der Waals surface area contributed by atoms with E-state index in [0.29, 0.717) is 34.2 Å². The lowest BCUT2D eigenvalue weighted by atomic mass is 10.1. The predicted molar refractivity (Wildman–Crippen MR) is 96.9 cm³/mol. The van der Waals surface area contributed by atoms with Crippen LogP contribution in [0.5, 0.6) is 5.75 Å². The lowest BCUT2D eigenvalue weighted by Crippen LogP contribution is -2.17. The molecule has 0 unspecified atom stereocenters. The fraction of sp³-hybridized carbons (Fsp3) is 0.294. The smallest absolute Gasteiger partial charge is 0.256 e. The van der Waals surface area contributed by atoms with E-state index in [1.165, 1.54) is 11.3 Å². The number of carbonyl (C=O) groups is 2. The Morgan fingerprint density at radius 2 is 2.00 bits per heavy atom. The second-order valence-electron chi connectivity index (χ2n) is 5.41. The van der Waals surface area contributed by atoms with Crippen LogP contribution < -0.4 is 21.5 Å². The van der Waals surface area contributed by atoms with E-state index in [1.54, 1.807) is 25.1 Å². The third-order valence-corrected chi connectivity index (χ3v) is 4.72. The molecular formula is C17H21N3O3S. The van der Waals surface area contributed by atoms with Gasteiger partial charge in [-0.1, -0.05) is 6.92 Å². The number of rotatable bonds is 6. The van der Waals surface area contributed by atoms with Crippen LogP contribution in [0.3, 0.4) is 0 Å². The summed E-state index contributed by atoms with van der Waals surface area (Å²) in [6.45, 7) is 6.24. The molecular weight excluding hydrogens is 326 g/mol. The van der Waals surface area contributed by atoms with Gasteiger partial charge in [0, 0.05) is 10.4 Å². The van der Waals surface area contributed by atoms with Crippen LogP contribution in [0, 0.1) is 13.8 Å². The van der Waals surface area contributed by atoms with Gasteiger partial charge in [0.2, 0.25) is 0 Å². The van der Waals surface area contributed by atoms with E-state index >= 15 is 0 Å². The number of primary amides is 1. The molecule has 2 aromatic rings. The minimum absolute atomic E-state index is 0.349. The van der Waals surface area contributed by atoms with Gasteiger partial charge in [0.1, 0.15) is 10.8 Å². The van der Waals surface area contributed by atoms with Gasteiger partial charge in [-0.2, -0.15) is 0 Å². The molecule has 1 aromatic carbocycles. The van der Waals surface area contributed by atoms with E-state index in [2.05, 4.69) is 5.32 Å². The van der Waals surface area contributed by atoms with Crippen molar-refractivity contribution in [2.24, 2.45) is 5.73 Å². The summed E-state index contributed by atoms with van der Waals surface area (Å²) in [4.78, 5) is 25.0. The van der Waals surface area contributed by atoms with Gasteiger partial charge in [-0.05, 0) is 44.0 Å². The number of hydrogen-bond acceptors (Lipinski definition) is 5. The summed E-state index contributed by atoms with van der Waals surface area (Å²) in [5.74, 6) is -0.364. The van der Waals surface area contributed by atoms with Crippen molar-refractivity contribution in [1.82, 2.24) is 0 Å². The van der Waals surface area contributed by atoms with Crippen LogP contribution in [-0.4, -0.2) is 18.4 Å². The molecule has 0 aliphatic carbocycles. The Morgan fingerprint density at radius 3 is 2.58 bits per heavy atom. The molecule has 0 bridgehead atoms. The van der Waals surface area contributed by atoms with Crippen LogP contribution in [0.15, 0.2) is 18.2 Å². The highest BCUT2D eigenvalue weighted by molar-refractivity contribution is 7.16. The number of carbonyl (C=O) groups excluding carboxylic acids is 2. The molecule has 6 nitrogen and oxygen atoms in total. The van der Waals surface area contributed by atoms with E-state index < -0.39 is 5.91 Å². The van der Waals surface area contributed by atoms with E-state index in [1.807, 2.05) is 13.8 Å². The number of benzene rings is 1. The van der Waals surface area contributed by atoms with Gasteiger partial charge in [0.25, 0.3) is 11.8 Å². The Bertz CT molecular complexity index is 784. The Morgan fingerprint density at radius 1 is 1.29 bits per heavy atom. The molecule has 0 aliphatic heterocycles. The molecule has 0 atom stereocenters. The number of aryl methyl sites for hydroxylation is 1. The summed E-state index contributed by atoms with van der Waals surface area (Å²) in [7, 11) is 0. The SMILES string of the molecule is CCCOc1ccc(C(=O)Nc2sc(C)c(C)c2C(N)=O)cc1N. The van der Waals surface area contributed by atoms with Crippen molar-refractivity contribution in [3.05, 3.63) is 39.8 Å². The largest absolute Gasteiger partial charge is 0.491 e. The quantitative estimate of drug-likeness (QED) is 0.698. The lowest BCUT2D eigenvalue weighted by Gasteiger charge is -2.10. The van der Waals surface area contributed by atoms with Gasteiger partial charge >= 0.3 is 0 Å². The van der Waals surface area contributed by atoms with Crippen molar-refractivity contribution in [2.75, 3.05) is 17.7 Å². The third kappa shape index (κ3) is 3.68. The Kier molecular flexibility index (Phi) is 5.46. The topological polar surface area (TPSA) is 107 Å². The number of nitrogen functional groups attached to an aromatic ring is 1. The number of thiophene rings is 1. The zero-order valence-electron chi connectivity index (χ0n) is 13.9. The fourth-order valence-electron chi connectivity index (χ4n) is 2.22. The molecule has 0 saturated carbocycles. The fourth-order valence-corrected chi connectivity index (χ4v) is 3.28. The molecule has 0 saturated heterocycles. The van der Waals surface area contributed by atoms with Crippen molar-refractivity contribution in [3.8, 4) is 5.75 Å². The highest BCUT2D eigenvalue weighted by Gasteiger charge is 2.19. The van der Waals surface area contributed by atoms with Gasteiger partial charge in [-0.15, -0.1) is 11.3 Å². The van der Waals surface area contributed by atoms with E-state index in [0.717, 1.165) is 16.9 Å². The molecule has 2 amide bonds. The summed E-state index contributed by atoms with van der Waals surface area (Å²) in [6, 6.07) is 4.85. The summed E-state index contributed by atoms with van der Waals surface area (Å²) in [5, 5.41) is 3.19. The normalized spacial score (nSPS) is 10.5. The maximum absolute atomic E-state index is 12.4. The molecule has 1 aromatic heterocycles. The Balaban J connectivity index is 2.23. The first-order chi connectivity index (χ1) is 11.3. The Hall–Kier alpha value is -2.54. The third-order valence-electron chi connectivity index (χ3n) is 3.59. The first kappa shape index (κ1) is 17.8. The lowest BCUT2D eigenvalue weighted by molar-refractivity contribution is 0.100. The minimum Gasteiger partial charge on any atom is -0.491 e.